The molecular weight excluding hydrogens is 290 g/mol. The molecule has 23 heavy (non-hydrogen) atoms. The summed E-state index contributed by atoms with van der Waals surface area (Å²) in [6, 6.07) is 2.70. The number of aromatic nitrogens is 3. The van der Waals surface area contributed by atoms with Crippen LogP contribution in [0.25, 0.3) is 11.0 Å². The fraction of sp³-hybridized carbons (Fsp3) is 0.588. The van der Waals surface area contributed by atoms with Crippen molar-refractivity contribution in [1.29, 1.82) is 5.26 Å². The molecule has 120 valence electrons. The predicted molar refractivity (Wildman–Crippen MR) is 87.0 cm³/mol. The first-order valence-electron chi connectivity index (χ1n) is 8.40. The Morgan fingerprint density at radius 1 is 1.39 bits per heavy atom. The Morgan fingerprint density at radius 2 is 2.17 bits per heavy atom. The van der Waals surface area contributed by atoms with E-state index in [0.717, 1.165) is 61.3 Å². The molecule has 1 aliphatic heterocycles. The summed E-state index contributed by atoms with van der Waals surface area (Å²) in [6.45, 7) is 2.67. The molecular formula is C17H21N5O. The van der Waals surface area contributed by atoms with Gasteiger partial charge in [-0.05, 0) is 39.0 Å². The summed E-state index contributed by atoms with van der Waals surface area (Å²) < 4.78 is 2.24. The third-order valence-electron chi connectivity index (χ3n) is 5.14. The summed E-state index contributed by atoms with van der Waals surface area (Å²) in [5.41, 5.74) is 3.20. The monoisotopic (exact) mass is 311 g/mol. The average Bonchev–Trinajstić information content (AvgIpc) is 3.18. The number of hydrogen-bond donors (Lipinski definition) is 2. The number of nitriles is 1. The quantitative estimate of drug-likeness (QED) is 0.890. The lowest BCUT2D eigenvalue weighted by molar-refractivity contribution is 0.176. The minimum absolute atomic E-state index is 0.171. The summed E-state index contributed by atoms with van der Waals surface area (Å²) in [6.07, 6.45) is 5.91. The van der Waals surface area contributed by atoms with Crippen LogP contribution in [0.5, 0.6) is 0 Å². The minimum Gasteiger partial charge on any atom is -0.385 e. The molecule has 0 radical (unpaired) electrons. The topological polar surface area (TPSA) is 86.8 Å². The molecule has 2 N–H and O–H groups in total. The number of fused-ring (bicyclic) bond motifs is 3. The summed E-state index contributed by atoms with van der Waals surface area (Å²) in [4.78, 5) is 9.12. The van der Waals surface area contributed by atoms with Gasteiger partial charge in [-0.1, -0.05) is 0 Å². The number of imidazole rings is 1. The van der Waals surface area contributed by atoms with E-state index in [2.05, 4.69) is 25.9 Å². The zero-order valence-corrected chi connectivity index (χ0v) is 13.3. The highest BCUT2D eigenvalue weighted by atomic mass is 16.3. The normalized spacial score (nSPS) is 24.9. The van der Waals surface area contributed by atoms with Crippen LogP contribution in [0.1, 0.15) is 56.1 Å². The van der Waals surface area contributed by atoms with Gasteiger partial charge in [-0.15, -0.1) is 0 Å². The number of nitrogens with zero attached hydrogens (tertiary/aromatic N) is 4. The summed E-state index contributed by atoms with van der Waals surface area (Å²) in [7, 11) is 0. The number of pyridine rings is 1. The van der Waals surface area contributed by atoms with Crippen LogP contribution in [0.3, 0.4) is 0 Å². The Hall–Kier alpha value is -2.13. The Kier molecular flexibility index (Phi) is 3.46. The van der Waals surface area contributed by atoms with Gasteiger partial charge in [0.05, 0.1) is 17.8 Å². The molecule has 6 nitrogen and oxygen atoms in total. The molecule has 6 heteroatoms. The molecule has 3 heterocycles. The van der Waals surface area contributed by atoms with E-state index in [1.165, 1.54) is 5.56 Å². The lowest BCUT2D eigenvalue weighted by Crippen LogP contribution is -2.20. The second kappa shape index (κ2) is 5.50. The Morgan fingerprint density at radius 3 is 2.87 bits per heavy atom. The maximum atomic E-state index is 10.2. The number of nitrogens with one attached hydrogen (secondary N) is 1. The highest BCUT2D eigenvalue weighted by Gasteiger charge is 2.29. The van der Waals surface area contributed by atoms with E-state index in [0.29, 0.717) is 6.04 Å². The highest BCUT2D eigenvalue weighted by molar-refractivity contribution is 5.84. The second-order valence-corrected chi connectivity index (χ2v) is 6.65. The third-order valence-corrected chi connectivity index (χ3v) is 5.14. The molecule has 2 aliphatic rings. The summed E-state index contributed by atoms with van der Waals surface area (Å²) in [5, 5.41) is 22.7. The van der Waals surface area contributed by atoms with Gasteiger partial charge >= 0.3 is 0 Å². The van der Waals surface area contributed by atoms with Crippen molar-refractivity contribution in [3.05, 3.63) is 17.6 Å². The SMILES string of the molecule is CC(O)c1nc2cnc3c(c2n1C1CCC(C#N)CC1)CCN3. The van der Waals surface area contributed by atoms with Gasteiger partial charge < -0.3 is 15.0 Å². The molecule has 1 unspecified atom stereocenters. The first-order valence-corrected chi connectivity index (χ1v) is 8.40. The molecule has 0 aromatic carbocycles. The molecule has 0 amide bonds. The van der Waals surface area contributed by atoms with E-state index in [4.69, 9.17) is 5.26 Å². The lowest BCUT2D eigenvalue weighted by Gasteiger charge is -2.28. The number of aliphatic hydroxyl groups excluding tert-OH is 1. The fourth-order valence-corrected chi connectivity index (χ4v) is 4.00. The van der Waals surface area contributed by atoms with Crippen molar-refractivity contribution in [2.75, 3.05) is 11.9 Å². The van der Waals surface area contributed by atoms with Crippen LogP contribution in [0.15, 0.2) is 6.20 Å². The van der Waals surface area contributed by atoms with Crippen LogP contribution in [0.2, 0.25) is 0 Å². The van der Waals surface area contributed by atoms with Crippen molar-refractivity contribution in [2.45, 2.75) is 51.2 Å². The van der Waals surface area contributed by atoms with E-state index in [9.17, 15) is 5.11 Å². The lowest BCUT2D eigenvalue weighted by atomic mass is 9.86. The van der Waals surface area contributed by atoms with Gasteiger partial charge in [-0.3, -0.25) is 0 Å². The van der Waals surface area contributed by atoms with Gasteiger partial charge in [0.15, 0.2) is 0 Å². The van der Waals surface area contributed by atoms with Gasteiger partial charge in [0, 0.05) is 24.1 Å². The van der Waals surface area contributed by atoms with E-state index in [-0.39, 0.29) is 5.92 Å². The van der Waals surface area contributed by atoms with Crippen molar-refractivity contribution in [3.63, 3.8) is 0 Å². The maximum absolute atomic E-state index is 10.2. The molecule has 1 saturated carbocycles. The van der Waals surface area contributed by atoms with Gasteiger partial charge in [0.25, 0.3) is 0 Å². The molecule has 1 atom stereocenters. The van der Waals surface area contributed by atoms with Crippen LogP contribution in [-0.2, 0) is 6.42 Å². The van der Waals surface area contributed by atoms with Crippen molar-refractivity contribution < 1.29 is 5.11 Å². The largest absolute Gasteiger partial charge is 0.385 e. The zero-order chi connectivity index (χ0) is 16.0. The fourth-order valence-electron chi connectivity index (χ4n) is 4.00. The van der Waals surface area contributed by atoms with Gasteiger partial charge in [-0.2, -0.15) is 5.26 Å². The Bertz CT molecular complexity index is 780. The predicted octanol–water partition coefficient (Wildman–Crippen LogP) is 2.71. The van der Waals surface area contributed by atoms with Crippen LogP contribution in [-0.4, -0.2) is 26.2 Å². The second-order valence-electron chi connectivity index (χ2n) is 6.65. The molecule has 1 aliphatic carbocycles. The summed E-state index contributed by atoms with van der Waals surface area (Å²) >= 11 is 0. The van der Waals surface area contributed by atoms with Crippen molar-refractivity contribution in [3.8, 4) is 6.07 Å². The van der Waals surface area contributed by atoms with Crippen LogP contribution < -0.4 is 5.32 Å². The van der Waals surface area contributed by atoms with Crippen molar-refractivity contribution in [2.24, 2.45) is 5.92 Å². The number of anilines is 1. The van der Waals surface area contributed by atoms with Gasteiger partial charge in [0.2, 0.25) is 0 Å². The molecule has 4 rings (SSSR count). The van der Waals surface area contributed by atoms with E-state index in [1.54, 1.807) is 13.1 Å². The molecule has 2 aromatic heterocycles. The smallest absolute Gasteiger partial charge is 0.138 e. The molecule has 0 spiro atoms. The molecule has 0 bridgehead atoms. The number of hydrogen-bond acceptors (Lipinski definition) is 5. The van der Waals surface area contributed by atoms with Crippen molar-refractivity contribution >= 4 is 16.9 Å². The zero-order valence-electron chi connectivity index (χ0n) is 13.3. The summed E-state index contributed by atoms with van der Waals surface area (Å²) in [5.74, 6) is 1.84. The average molecular weight is 311 g/mol. The van der Waals surface area contributed by atoms with Crippen molar-refractivity contribution in [1.82, 2.24) is 14.5 Å². The first kappa shape index (κ1) is 14.5. The van der Waals surface area contributed by atoms with Crippen LogP contribution in [0.4, 0.5) is 5.82 Å². The molecule has 2 aromatic rings. The highest BCUT2D eigenvalue weighted by Crippen LogP contribution is 2.39. The first-order chi connectivity index (χ1) is 11.2. The number of aliphatic hydroxyl groups is 1. The van der Waals surface area contributed by atoms with Gasteiger partial charge in [0.1, 0.15) is 23.3 Å². The number of rotatable bonds is 2. The molecule has 0 saturated heterocycles. The minimum atomic E-state index is -0.610. The maximum Gasteiger partial charge on any atom is 0.138 e. The Balaban J connectivity index is 1.85. The van der Waals surface area contributed by atoms with Crippen LogP contribution >= 0.6 is 0 Å². The Labute approximate surface area is 135 Å². The third kappa shape index (κ3) is 2.27. The van der Waals surface area contributed by atoms with E-state index >= 15 is 0 Å². The van der Waals surface area contributed by atoms with Gasteiger partial charge in [-0.25, -0.2) is 9.97 Å². The molecule has 1 fully saturated rings. The van der Waals surface area contributed by atoms with E-state index < -0.39 is 6.10 Å². The van der Waals surface area contributed by atoms with Crippen LogP contribution in [0, 0.1) is 17.2 Å². The van der Waals surface area contributed by atoms with E-state index in [1.807, 2.05) is 0 Å². The standard InChI is InChI=1S/C17H21N5O/c1-10(23)17-21-14-9-20-16-13(6-7-19-16)15(14)22(17)12-4-2-11(8-18)3-5-12/h9-12,23H,2-7H2,1H3,(H,19,20).